The van der Waals surface area contributed by atoms with E-state index in [0.717, 1.165) is 36.4 Å². The number of hydrogen-bond acceptors (Lipinski definition) is 4. The normalized spacial score (nSPS) is 17.0. The maximum Gasteiger partial charge on any atom is 0.238 e. The van der Waals surface area contributed by atoms with Crippen molar-refractivity contribution in [3.63, 3.8) is 0 Å². The molecule has 2 aromatic rings. The highest BCUT2D eigenvalue weighted by Gasteiger charge is 2.30. The third kappa shape index (κ3) is 4.49. The summed E-state index contributed by atoms with van der Waals surface area (Å²) in [5.74, 6) is 1.36. The molecule has 0 spiro atoms. The smallest absolute Gasteiger partial charge is 0.238 e. The number of carbonyl (C=O) groups excluding carboxylic acids is 1. The van der Waals surface area contributed by atoms with Gasteiger partial charge in [-0.3, -0.25) is 9.69 Å². The van der Waals surface area contributed by atoms with Crippen LogP contribution in [0.1, 0.15) is 24.4 Å². The number of anilines is 1. The molecule has 1 aliphatic heterocycles. The molecule has 1 amide bonds. The van der Waals surface area contributed by atoms with E-state index in [1.807, 2.05) is 18.2 Å². The Morgan fingerprint density at radius 2 is 1.93 bits per heavy atom. The third-order valence-corrected chi connectivity index (χ3v) is 5.37. The lowest BCUT2D eigenvalue weighted by molar-refractivity contribution is -0.117. The quantitative estimate of drug-likeness (QED) is 0.746. The first-order valence-corrected chi connectivity index (χ1v) is 9.49. The minimum Gasteiger partial charge on any atom is -0.497 e. The molecule has 5 nitrogen and oxygen atoms in total. The van der Waals surface area contributed by atoms with E-state index in [1.54, 1.807) is 32.4 Å². The van der Waals surface area contributed by atoms with Crippen molar-refractivity contribution in [2.75, 3.05) is 32.6 Å². The van der Waals surface area contributed by atoms with Crippen molar-refractivity contribution in [1.82, 2.24) is 4.90 Å². The number of likely N-dealkylation sites (tertiary alicyclic amines) is 1. The molecule has 7 heteroatoms. The summed E-state index contributed by atoms with van der Waals surface area (Å²) >= 11 is 12.3. The van der Waals surface area contributed by atoms with Crippen molar-refractivity contribution in [3.8, 4) is 11.5 Å². The van der Waals surface area contributed by atoms with Gasteiger partial charge in [-0.2, -0.15) is 0 Å². The second-order valence-electron chi connectivity index (χ2n) is 6.38. The predicted octanol–water partition coefficient (Wildman–Crippen LogP) is 4.79. The Morgan fingerprint density at radius 1 is 1.19 bits per heavy atom. The van der Waals surface area contributed by atoms with Crippen LogP contribution in [0.15, 0.2) is 36.4 Å². The van der Waals surface area contributed by atoms with E-state index in [0.29, 0.717) is 15.7 Å². The lowest BCUT2D eigenvalue weighted by Gasteiger charge is -2.26. The van der Waals surface area contributed by atoms with Crippen molar-refractivity contribution < 1.29 is 14.3 Å². The molecule has 0 unspecified atom stereocenters. The number of halogens is 2. The minimum absolute atomic E-state index is 0.110. The Labute approximate surface area is 169 Å². The van der Waals surface area contributed by atoms with Gasteiger partial charge in [0.2, 0.25) is 5.91 Å². The Balaban J connectivity index is 1.74. The van der Waals surface area contributed by atoms with Gasteiger partial charge in [-0.05, 0) is 37.6 Å². The van der Waals surface area contributed by atoms with E-state index in [9.17, 15) is 4.79 Å². The number of nitrogens with one attached hydrogen (secondary N) is 1. The van der Waals surface area contributed by atoms with Gasteiger partial charge in [0, 0.05) is 17.7 Å². The van der Waals surface area contributed by atoms with Gasteiger partial charge in [-0.25, -0.2) is 0 Å². The summed E-state index contributed by atoms with van der Waals surface area (Å²) in [7, 11) is 3.27. The van der Waals surface area contributed by atoms with E-state index in [4.69, 9.17) is 32.7 Å². The van der Waals surface area contributed by atoms with Gasteiger partial charge < -0.3 is 14.8 Å². The number of ether oxygens (including phenoxy) is 2. The molecule has 1 N–H and O–H groups in total. The molecule has 0 bridgehead atoms. The summed E-state index contributed by atoms with van der Waals surface area (Å²) in [4.78, 5) is 14.7. The molecule has 0 radical (unpaired) electrons. The van der Waals surface area contributed by atoms with Crippen LogP contribution in [0.25, 0.3) is 0 Å². The van der Waals surface area contributed by atoms with Crippen molar-refractivity contribution in [2.45, 2.75) is 18.9 Å². The third-order valence-electron chi connectivity index (χ3n) is 4.74. The Kier molecular flexibility index (Phi) is 6.47. The largest absolute Gasteiger partial charge is 0.497 e. The molecule has 0 saturated carbocycles. The molecule has 1 heterocycles. The average molecular weight is 409 g/mol. The van der Waals surface area contributed by atoms with E-state index in [1.165, 1.54) is 0 Å². The Hall–Kier alpha value is -1.95. The number of hydrogen-bond donors (Lipinski definition) is 1. The number of nitrogens with zero attached hydrogens (tertiary/aromatic N) is 1. The summed E-state index contributed by atoms with van der Waals surface area (Å²) in [5.41, 5.74) is 1.50. The fraction of sp³-hybridized carbons (Fsp3) is 0.350. The van der Waals surface area contributed by atoms with Gasteiger partial charge in [-0.1, -0.05) is 35.3 Å². The van der Waals surface area contributed by atoms with Crippen LogP contribution in [-0.4, -0.2) is 38.1 Å². The number of methoxy groups -OCH3 is 2. The standard InChI is InChI=1S/C20H22Cl2N2O3/c1-26-13-8-9-14(18(11-13)27-2)17-7-4-10-24(17)12-19(25)23-20-15(21)5-3-6-16(20)22/h3,5-6,8-9,11,17H,4,7,10,12H2,1-2H3,(H,23,25)/t17-/m1/s1. The van der Waals surface area contributed by atoms with E-state index in [2.05, 4.69) is 10.2 Å². The monoisotopic (exact) mass is 408 g/mol. The molecule has 1 fully saturated rings. The predicted molar refractivity (Wildman–Crippen MR) is 108 cm³/mol. The minimum atomic E-state index is -0.149. The zero-order chi connectivity index (χ0) is 19.4. The molecule has 1 saturated heterocycles. The highest BCUT2D eigenvalue weighted by molar-refractivity contribution is 6.39. The Morgan fingerprint density at radius 3 is 2.59 bits per heavy atom. The van der Waals surface area contributed by atoms with Crippen LogP contribution in [0.3, 0.4) is 0 Å². The van der Waals surface area contributed by atoms with Crippen LogP contribution in [-0.2, 0) is 4.79 Å². The topological polar surface area (TPSA) is 50.8 Å². The first-order valence-electron chi connectivity index (χ1n) is 8.73. The second kappa shape index (κ2) is 8.83. The number of benzene rings is 2. The van der Waals surface area contributed by atoms with Gasteiger partial charge in [-0.15, -0.1) is 0 Å². The van der Waals surface area contributed by atoms with Crippen LogP contribution in [0.4, 0.5) is 5.69 Å². The lowest BCUT2D eigenvalue weighted by atomic mass is 10.0. The van der Waals surface area contributed by atoms with Gasteiger partial charge >= 0.3 is 0 Å². The molecular formula is C20H22Cl2N2O3. The maximum absolute atomic E-state index is 12.6. The number of rotatable bonds is 6. The number of carbonyl (C=O) groups is 1. The molecular weight excluding hydrogens is 387 g/mol. The SMILES string of the molecule is COc1ccc([C@H]2CCCN2CC(=O)Nc2c(Cl)cccc2Cl)c(OC)c1. The van der Waals surface area contributed by atoms with Crippen LogP contribution in [0.2, 0.25) is 10.0 Å². The summed E-state index contributed by atoms with van der Waals surface area (Å²) in [6.07, 6.45) is 1.97. The Bertz CT molecular complexity index is 809. The van der Waals surface area contributed by atoms with Crippen molar-refractivity contribution >= 4 is 34.8 Å². The van der Waals surface area contributed by atoms with Crippen LogP contribution < -0.4 is 14.8 Å². The number of amides is 1. The van der Waals surface area contributed by atoms with E-state index < -0.39 is 0 Å². The molecule has 144 valence electrons. The molecule has 1 atom stereocenters. The maximum atomic E-state index is 12.6. The molecule has 0 aliphatic carbocycles. The van der Waals surface area contributed by atoms with Crippen molar-refractivity contribution in [3.05, 3.63) is 52.0 Å². The fourth-order valence-corrected chi connectivity index (χ4v) is 3.93. The van der Waals surface area contributed by atoms with Crippen LogP contribution >= 0.6 is 23.2 Å². The van der Waals surface area contributed by atoms with Crippen LogP contribution in [0.5, 0.6) is 11.5 Å². The highest BCUT2D eigenvalue weighted by Crippen LogP contribution is 2.38. The molecule has 27 heavy (non-hydrogen) atoms. The zero-order valence-corrected chi connectivity index (χ0v) is 16.8. The summed E-state index contributed by atoms with van der Waals surface area (Å²) in [6.45, 7) is 1.09. The van der Waals surface area contributed by atoms with Gasteiger partial charge in [0.15, 0.2) is 0 Å². The summed E-state index contributed by atoms with van der Waals surface area (Å²) < 4.78 is 10.8. The van der Waals surface area contributed by atoms with E-state index >= 15 is 0 Å². The zero-order valence-electron chi connectivity index (χ0n) is 15.3. The van der Waals surface area contributed by atoms with Crippen LogP contribution in [0, 0.1) is 0 Å². The van der Waals surface area contributed by atoms with Gasteiger partial charge in [0.25, 0.3) is 0 Å². The molecule has 3 rings (SSSR count). The summed E-state index contributed by atoms with van der Waals surface area (Å²) in [6, 6.07) is 11.0. The molecule has 1 aliphatic rings. The van der Waals surface area contributed by atoms with Crippen molar-refractivity contribution in [1.29, 1.82) is 0 Å². The van der Waals surface area contributed by atoms with Crippen molar-refractivity contribution in [2.24, 2.45) is 0 Å². The average Bonchev–Trinajstić information content (AvgIpc) is 3.12. The first-order chi connectivity index (χ1) is 13.0. The first kappa shape index (κ1) is 19.8. The summed E-state index contributed by atoms with van der Waals surface area (Å²) in [5, 5.41) is 3.67. The van der Waals surface area contributed by atoms with Gasteiger partial charge in [0.05, 0.1) is 36.5 Å². The molecule has 0 aromatic heterocycles. The van der Waals surface area contributed by atoms with E-state index in [-0.39, 0.29) is 18.5 Å². The second-order valence-corrected chi connectivity index (χ2v) is 7.20. The highest BCUT2D eigenvalue weighted by atomic mass is 35.5. The molecule has 2 aromatic carbocycles. The lowest BCUT2D eigenvalue weighted by Crippen LogP contribution is -2.33. The fourth-order valence-electron chi connectivity index (χ4n) is 3.44. The number of para-hydroxylation sites is 1. The van der Waals surface area contributed by atoms with Gasteiger partial charge in [0.1, 0.15) is 11.5 Å².